The molecule has 59 heavy (non-hydrogen) atoms. The summed E-state index contributed by atoms with van der Waals surface area (Å²) in [5.74, 6) is -1.31. The normalized spacial score (nSPS) is 12.9. The number of aryl methyl sites for hydroxylation is 2. The average molecular weight is 792 g/mol. The Labute approximate surface area is 343 Å². The molecular weight excluding hydrogens is 745 g/mol. The third kappa shape index (κ3) is 8.16. The van der Waals surface area contributed by atoms with E-state index in [-0.39, 0.29) is 42.2 Å². The van der Waals surface area contributed by atoms with Crippen molar-refractivity contribution in [3.8, 4) is 44.8 Å². The monoisotopic (exact) mass is 791 g/mol. The molecule has 300 valence electrons. The van der Waals surface area contributed by atoms with Gasteiger partial charge in [0.25, 0.3) is 0 Å². The van der Waals surface area contributed by atoms with E-state index >= 15 is 0 Å². The molecule has 0 saturated heterocycles. The molecule has 2 aliphatic carbocycles. The van der Waals surface area contributed by atoms with E-state index in [1.807, 2.05) is 38.1 Å². The number of rotatable bonds is 7. The third-order valence-electron chi connectivity index (χ3n) is 11.4. The van der Waals surface area contributed by atoms with Crippen LogP contribution in [0.4, 0.5) is 14.5 Å². The number of hydrogen-bond acceptors (Lipinski definition) is 5. The summed E-state index contributed by atoms with van der Waals surface area (Å²) in [4.78, 5) is 25.0. The Kier molecular flexibility index (Phi) is 12.1. The molecule has 2 aliphatic rings. The minimum Gasteiger partial charge on any atom is -0.478 e. The summed E-state index contributed by atoms with van der Waals surface area (Å²) in [6.45, 7) is 15.3. The average Bonchev–Trinajstić information content (AvgIpc) is 3.54. The number of hydrogen-bond donors (Lipinski definition) is 3. The minimum atomic E-state index is -0.944. The molecule has 0 radical (unpaired) electrons. The Balaban J connectivity index is 0.000000179. The van der Waals surface area contributed by atoms with Gasteiger partial charge in [-0.05, 0) is 131 Å². The van der Waals surface area contributed by atoms with Gasteiger partial charge in [-0.1, -0.05) is 76.2 Å². The topological polar surface area (TPSA) is 108 Å². The van der Waals surface area contributed by atoms with Gasteiger partial charge in [-0.2, -0.15) is 0 Å². The van der Waals surface area contributed by atoms with Crippen LogP contribution in [0.2, 0.25) is 0 Å². The molecule has 2 aromatic heterocycles. The highest BCUT2D eigenvalue weighted by atomic mass is 19.1. The zero-order valence-electron chi connectivity index (χ0n) is 33.7. The number of benzene rings is 4. The van der Waals surface area contributed by atoms with E-state index < -0.39 is 5.97 Å². The molecule has 8 rings (SSSR count). The first-order valence-corrected chi connectivity index (χ1v) is 20.2. The zero-order chi connectivity index (χ0) is 42.0. The number of aromatic carboxylic acids is 1. The maximum Gasteiger partial charge on any atom is 0.335 e. The van der Waals surface area contributed by atoms with Crippen LogP contribution in [0.25, 0.3) is 49.6 Å². The Bertz CT molecular complexity index is 2590. The van der Waals surface area contributed by atoms with Gasteiger partial charge in [-0.3, -0.25) is 9.97 Å². The van der Waals surface area contributed by atoms with Crippen LogP contribution in [0, 0.1) is 18.2 Å². The predicted molar refractivity (Wildman–Crippen MR) is 227 cm³/mol. The van der Waals surface area contributed by atoms with Crippen LogP contribution in [0.3, 0.4) is 0 Å². The Hall–Kier alpha value is -6.08. The van der Waals surface area contributed by atoms with Gasteiger partial charge in [-0.25, -0.2) is 18.4 Å². The second kappa shape index (κ2) is 17.4. The lowest BCUT2D eigenvalue weighted by atomic mass is 9.87. The van der Waals surface area contributed by atoms with Crippen molar-refractivity contribution in [1.29, 1.82) is 0 Å². The summed E-state index contributed by atoms with van der Waals surface area (Å²) in [6.07, 6.45) is 4.97. The summed E-state index contributed by atoms with van der Waals surface area (Å²) in [7, 11) is 0. The van der Waals surface area contributed by atoms with Gasteiger partial charge < -0.3 is 15.3 Å². The largest absolute Gasteiger partial charge is 0.478 e. The Morgan fingerprint density at radius 2 is 1.10 bits per heavy atom. The molecule has 3 N–H and O–H groups in total. The number of aliphatic hydroxyl groups is 2. The lowest BCUT2D eigenvalue weighted by Gasteiger charge is -2.22. The summed E-state index contributed by atoms with van der Waals surface area (Å²) in [5, 5.41) is 29.9. The van der Waals surface area contributed by atoms with Crippen LogP contribution >= 0.6 is 0 Å². The standard InChI is InChI=1S/C25H23FN2O.C25H24FNO3/c1-15(2)24-22(14-29)23(16-7-9-18(26)10-8-16)21-6-4-5-17-13-19(27-3)11-12-20(17)25(21)28-24;1-14(2)23-21(13-28)22(15-6-9-18(26)10-7-15)20-5-3-4-16-12-17(25(29)30)8-11-19(16)24(20)27-23/h7-13,15,29H,4-6,14H2,1-2H3;6-12,14,28H,3-5,13H2,1-2H3,(H,29,30). The third-order valence-corrected chi connectivity index (χ3v) is 11.4. The molecule has 6 aromatic rings. The quantitative estimate of drug-likeness (QED) is 0.139. The van der Waals surface area contributed by atoms with Gasteiger partial charge in [0.1, 0.15) is 11.6 Å². The number of carboxylic acid groups (broad SMARTS) is 1. The molecule has 0 spiro atoms. The number of aromatic nitrogens is 2. The van der Waals surface area contributed by atoms with E-state index in [4.69, 9.17) is 16.5 Å². The SMILES string of the molecule is CC(C)c1nc2c(c(-c3ccc(F)cc3)c1CO)CCCc1cc(C(=O)O)ccc1-2.[C-]#[N+]c1ccc2c(c1)CCCc1c-2nc(C(C)C)c(CO)c1-c1ccc(F)cc1. The smallest absolute Gasteiger partial charge is 0.335 e. The second-order valence-electron chi connectivity index (χ2n) is 15.8. The van der Waals surface area contributed by atoms with Crippen LogP contribution < -0.4 is 0 Å². The first-order chi connectivity index (χ1) is 28.4. The fourth-order valence-corrected chi connectivity index (χ4v) is 8.67. The molecule has 4 aromatic carbocycles. The number of carboxylic acids is 1. The van der Waals surface area contributed by atoms with Crippen molar-refractivity contribution in [2.24, 2.45) is 0 Å². The Morgan fingerprint density at radius 1 is 0.661 bits per heavy atom. The van der Waals surface area contributed by atoms with Crippen molar-refractivity contribution in [2.45, 2.75) is 91.3 Å². The maximum absolute atomic E-state index is 13.6. The summed E-state index contributed by atoms with van der Waals surface area (Å²) in [6, 6.07) is 23.8. The number of carbonyl (C=O) groups is 1. The van der Waals surface area contributed by atoms with Gasteiger partial charge in [0, 0.05) is 33.6 Å². The molecule has 2 heterocycles. The number of halogens is 2. The van der Waals surface area contributed by atoms with Crippen LogP contribution in [-0.2, 0) is 38.9 Å². The number of nitrogens with zero attached hydrogens (tertiary/aromatic N) is 3. The molecule has 0 aliphatic heterocycles. The van der Waals surface area contributed by atoms with Gasteiger partial charge in [-0.15, -0.1) is 0 Å². The van der Waals surface area contributed by atoms with Crippen molar-refractivity contribution in [1.82, 2.24) is 9.97 Å². The second-order valence-corrected chi connectivity index (χ2v) is 15.8. The predicted octanol–water partition coefficient (Wildman–Crippen LogP) is 11.6. The van der Waals surface area contributed by atoms with Crippen LogP contribution in [0.1, 0.15) is 107 Å². The highest BCUT2D eigenvalue weighted by molar-refractivity contribution is 5.90. The minimum absolute atomic E-state index is 0.0849. The van der Waals surface area contributed by atoms with E-state index in [9.17, 15) is 28.9 Å². The number of fused-ring (bicyclic) bond motifs is 6. The summed E-state index contributed by atoms with van der Waals surface area (Å²) < 4.78 is 27.2. The van der Waals surface area contributed by atoms with E-state index in [0.29, 0.717) is 5.69 Å². The molecule has 0 saturated carbocycles. The van der Waals surface area contributed by atoms with Crippen molar-refractivity contribution in [3.63, 3.8) is 0 Å². The van der Waals surface area contributed by atoms with Crippen LogP contribution in [-0.4, -0.2) is 31.3 Å². The lowest BCUT2D eigenvalue weighted by Crippen LogP contribution is -2.09. The van der Waals surface area contributed by atoms with Crippen molar-refractivity contribution in [2.75, 3.05) is 0 Å². The molecular formula is C50H47F2N3O4. The van der Waals surface area contributed by atoms with Gasteiger partial charge in [0.15, 0.2) is 5.69 Å². The van der Waals surface area contributed by atoms with Crippen molar-refractivity contribution >= 4 is 11.7 Å². The highest BCUT2D eigenvalue weighted by Gasteiger charge is 2.28. The molecule has 0 atom stereocenters. The molecule has 0 bridgehead atoms. The maximum atomic E-state index is 13.6. The summed E-state index contributed by atoms with van der Waals surface area (Å²) >= 11 is 0. The summed E-state index contributed by atoms with van der Waals surface area (Å²) in [5.41, 5.74) is 15.8. The zero-order valence-corrected chi connectivity index (χ0v) is 33.7. The van der Waals surface area contributed by atoms with Gasteiger partial charge in [0.2, 0.25) is 0 Å². The number of pyridine rings is 2. The molecule has 9 heteroatoms. The van der Waals surface area contributed by atoms with Crippen molar-refractivity contribution in [3.05, 3.63) is 158 Å². The van der Waals surface area contributed by atoms with E-state index in [1.54, 1.807) is 36.4 Å². The van der Waals surface area contributed by atoms with Gasteiger partial charge >= 0.3 is 5.97 Å². The molecule has 0 amide bonds. The highest BCUT2D eigenvalue weighted by Crippen LogP contribution is 2.44. The van der Waals surface area contributed by atoms with E-state index in [2.05, 4.69) is 18.7 Å². The lowest BCUT2D eigenvalue weighted by molar-refractivity contribution is 0.0696. The van der Waals surface area contributed by atoms with E-state index in [1.165, 1.54) is 24.3 Å². The van der Waals surface area contributed by atoms with Gasteiger partial charge in [0.05, 0.1) is 36.7 Å². The van der Waals surface area contributed by atoms with Crippen LogP contribution in [0.5, 0.6) is 0 Å². The Morgan fingerprint density at radius 3 is 1.51 bits per heavy atom. The van der Waals surface area contributed by atoms with Crippen LogP contribution in [0.15, 0.2) is 84.9 Å². The fraction of sp³-hybridized carbons (Fsp3) is 0.280. The van der Waals surface area contributed by atoms with E-state index in [0.717, 1.165) is 128 Å². The first-order valence-electron chi connectivity index (χ1n) is 20.2. The fourth-order valence-electron chi connectivity index (χ4n) is 8.67. The molecule has 0 unspecified atom stereocenters. The number of aliphatic hydroxyl groups excluding tert-OH is 2. The first kappa shape index (κ1) is 41.1. The molecule has 7 nitrogen and oxygen atoms in total. The van der Waals surface area contributed by atoms with Crippen molar-refractivity contribution < 1.29 is 28.9 Å². The molecule has 0 fully saturated rings.